The van der Waals surface area contributed by atoms with Crippen LogP contribution >= 0.6 is 0 Å². The molecule has 1 aromatic carbocycles. The van der Waals surface area contributed by atoms with Crippen LogP contribution in [0, 0.1) is 6.92 Å². The van der Waals surface area contributed by atoms with Crippen LogP contribution in [0.1, 0.15) is 37.7 Å². The maximum atomic E-state index is 13.7. The van der Waals surface area contributed by atoms with Crippen molar-refractivity contribution >= 4 is 15.9 Å². The van der Waals surface area contributed by atoms with Crippen LogP contribution in [-0.4, -0.2) is 81.4 Å². The molecule has 1 aliphatic heterocycles. The molecule has 1 aromatic rings. The Morgan fingerprint density at radius 1 is 1.14 bits per heavy atom. The number of nitrogens with zero attached hydrogens (tertiary/aromatic N) is 3. The van der Waals surface area contributed by atoms with E-state index in [4.69, 9.17) is 4.74 Å². The highest BCUT2D eigenvalue weighted by Gasteiger charge is 2.37. The summed E-state index contributed by atoms with van der Waals surface area (Å²) in [5, 5.41) is 0. The van der Waals surface area contributed by atoms with E-state index in [2.05, 4.69) is 4.90 Å². The van der Waals surface area contributed by atoms with E-state index in [9.17, 15) is 13.2 Å². The second-order valence-corrected chi connectivity index (χ2v) is 10.0. The van der Waals surface area contributed by atoms with Gasteiger partial charge < -0.3 is 14.5 Å². The molecule has 0 spiro atoms. The van der Waals surface area contributed by atoms with Crippen molar-refractivity contribution in [3.63, 3.8) is 0 Å². The van der Waals surface area contributed by atoms with Crippen LogP contribution in [0.5, 0.6) is 5.75 Å². The highest BCUT2D eigenvalue weighted by Crippen LogP contribution is 2.32. The van der Waals surface area contributed by atoms with Crippen molar-refractivity contribution < 1.29 is 17.9 Å². The standard InChI is InChI=1S/C21H33N3O4S/c1-17-9-10-19(28-3)20(15-17)29(26,27)24(18-7-5-4-6-8-18)16-21(25)23-13-11-22(2)12-14-23/h9-10,15,18H,4-8,11-14,16H2,1-3H3. The average Bonchev–Trinajstić information content (AvgIpc) is 2.72. The lowest BCUT2D eigenvalue weighted by atomic mass is 9.95. The maximum absolute atomic E-state index is 13.7. The quantitative estimate of drug-likeness (QED) is 0.701. The molecular weight excluding hydrogens is 390 g/mol. The Labute approximate surface area is 174 Å². The van der Waals surface area contributed by atoms with Gasteiger partial charge in [-0.1, -0.05) is 25.3 Å². The van der Waals surface area contributed by atoms with E-state index in [1.807, 2.05) is 20.0 Å². The molecule has 8 heteroatoms. The molecule has 29 heavy (non-hydrogen) atoms. The molecular formula is C21H33N3O4S. The van der Waals surface area contributed by atoms with Gasteiger partial charge in [-0.2, -0.15) is 4.31 Å². The van der Waals surface area contributed by atoms with Gasteiger partial charge in [-0.25, -0.2) is 8.42 Å². The number of carbonyl (C=O) groups excluding carboxylic acids is 1. The van der Waals surface area contributed by atoms with Crippen molar-refractivity contribution in [1.29, 1.82) is 0 Å². The van der Waals surface area contributed by atoms with E-state index in [1.165, 1.54) is 11.4 Å². The maximum Gasteiger partial charge on any atom is 0.247 e. The van der Waals surface area contributed by atoms with E-state index < -0.39 is 10.0 Å². The molecule has 1 saturated carbocycles. The number of benzene rings is 1. The van der Waals surface area contributed by atoms with Gasteiger partial charge in [0.1, 0.15) is 10.6 Å². The molecule has 0 aromatic heterocycles. The normalized spacial score (nSPS) is 19.5. The van der Waals surface area contributed by atoms with Gasteiger partial charge >= 0.3 is 0 Å². The Balaban J connectivity index is 1.90. The fraction of sp³-hybridized carbons (Fsp3) is 0.667. The van der Waals surface area contributed by atoms with Gasteiger partial charge in [0.05, 0.1) is 13.7 Å². The van der Waals surface area contributed by atoms with E-state index in [0.29, 0.717) is 18.8 Å². The lowest BCUT2D eigenvalue weighted by molar-refractivity contribution is -0.133. The Hall–Kier alpha value is -1.64. The number of likely N-dealkylation sites (N-methyl/N-ethyl adjacent to an activating group) is 1. The van der Waals surface area contributed by atoms with E-state index >= 15 is 0 Å². The molecule has 1 saturated heterocycles. The van der Waals surface area contributed by atoms with Crippen LogP contribution in [0.3, 0.4) is 0 Å². The molecule has 3 rings (SSSR count). The predicted molar refractivity (Wildman–Crippen MR) is 113 cm³/mol. The molecule has 2 fully saturated rings. The molecule has 162 valence electrons. The summed E-state index contributed by atoms with van der Waals surface area (Å²) in [5.41, 5.74) is 0.846. The fourth-order valence-electron chi connectivity index (χ4n) is 4.18. The van der Waals surface area contributed by atoms with Crippen molar-refractivity contribution in [2.24, 2.45) is 0 Å². The van der Waals surface area contributed by atoms with Gasteiger partial charge in [-0.05, 0) is 44.5 Å². The van der Waals surface area contributed by atoms with Gasteiger partial charge in [-0.3, -0.25) is 4.79 Å². The third-order valence-corrected chi connectivity index (χ3v) is 7.95. The van der Waals surface area contributed by atoms with E-state index in [1.54, 1.807) is 17.0 Å². The molecule has 2 aliphatic rings. The van der Waals surface area contributed by atoms with Crippen LogP contribution in [0.4, 0.5) is 0 Å². The molecule has 1 amide bonds. The first kappa shape index (κ1) is 22.1. The second kappa shape index (κ2) is 9.45. The molecule has 0 bridgehead atoms. The first-order chi connectivity index (χ1) is 13.8. The predicted octanol–water partition coefficient (Wildman–Crippen LogP) is 2.10. The number of aryl methyl sites for hydroxylation is 1. The zero-order valence-corrected chi connectivity index (χ0v) is 18.6. The van der Waals surface area contributed by atoms with Crippen molar-refractivity contribution in [2.45, 2.75) is 50.0 Å². The lowest BCUT2D eigenvalue weighted by Gasteiger charge is -2.37. The zero-order chi connectivity index (χ0) is 21.0. The number of ether oxygens (including phenoxy) is 1. The third kappa shape index (κ3) is 5.10. The van der Waals surface area contributed by atoms with E-state index in [0.717, 1.165) is 50.8 Å². The number of methoxy groups -OCH3 is 1. The summed E-state index contributed by atoms with van der Waals surface area (Å²) in [7, 11) is -0.351. The number of hydrogen-bond acceptors (Lipinski definition) is 5. The number of piperazine rings is 1. The van der Waals surface area contributed by atoms with Gasteiger partial charge in [0.25, 0.3) is 0 Å². The molecule has 7 nitrogen and oxygen atoms in total. The number of amides is 1. The molecule has 1 heterocycles. The number of hydrogen-bond donors (Lipinski definition) is 0. The summed E-state index contributed by atoms with van der Waals surface area (Å²) in [6.07, 6.45) is 4.69. The first-order valence-corrected chi connectivity index (χ1v) is 11.9. The molecule has 0 N–H and O–H groups in total. The van der Waals surface area contributed by atoms with Crippen LogP contribution in [0.15, 0.2) is 23.1 Å². The summed E-state index contributed by atoms with van der Waals surface area (Å²) in [6, 6.07) is 5.02. The van der Waals surface area contributed by atoms with Gasteiger partial charge in [0.2, 0.25) is 15.9 Å². The van der Waals surface area contributed by atoms with Crippen LogP contribution in [0.25, 0.3) is 0 Å². The SMILES string of the molecule is COc1ccc(C)cc1S(=O)(=O)N(CC(=O)N1CCN(C)CC1)C1CCCCC1. The summed E-state index contributed by atoms with van der Waals surface area (Å²) in [4.78, 5) is 17.1. The number of sulfonamides is 1. The first-order valence-electron chi connectivity index (χ1n) is 10.5. The number of rotatable bonds is 6. The summed E-state index contributed by atoms with van der Waals surface area (Å²) in [6.45, 7) is 4.66. The molecule has 1 aliphatic carbocycles. The Morgan fingerprint density at radius 2 is 1.79 bits per heavy atom. The molecule has 0 atom stereocenters. The fourth-order valence-corrected chi connectivity index (χ4v) is 6.06. The van der Waals surface area contributed by atoms with Crippen LogP contribution in [-0.2, 0) is 14.8 Å². The van der Waals surface area contributed by atoms with Crippen molar-refractivity contribution in [1.82, 2.24) is 14.1 Å². The minimum atomic E-state index is -3.86. The monoisotopic (exact) mass is 423 g/mol. The summed E-state index contributed by atoms with van der Waals surface area (Å²) >= 11 is 0. The highest BCUT2D eigenvalue weighted by atomic mass is 32.2. The van der Waals surface area contributed by atoms with Crippen molar-refractivity contribution in [3.8, 4) is 5.75 Å². The zero-order valence-electron chi connectivity index (χ0n) is 17.8. The number of carbonyl (C=O) groups is 1. The highest BCUT2D eigenvalue weighted by molar-refractivity contribution is 7.89. The Kier molecular flexibility index (Phi) is 7.19. The van der Waals surface area contributed by atoms with Crippen LogP contribution in [0.2, 0.25) is 0 Å². The topological polar surface area (TPSA) is 70.2 Å². The minimum absolute atomic E-state index is 0.103. The largest absolute Gasteiger partial charge is 0.495 e. The third-order valence-electron chi connectivity index (χ3n) is 6.03. The van der Waals surface area contributed by atoms with E-state index in [-0.39, 0.29) is 23.4 Å². The smallest absolute Gasteiger partial charge is 0.247 e. The summed E-state index contributed by atoms with van der Waals surface area (Å²) in [5.74, 6) is 0.210. The van der Waals surface area contributed by atoms with Crippen molar-refractivity contribution in [3.05, 3.63) is 23.8 Å². The lowest BCUT2D eigenvalue weighted by Crippen LogP contribution is -2.52. The minimum Gasteiger partial charge on any atom is -0.495 e. The van der Waals surface area contributed by atoms with Gasteiger partial charge in [0.15, 0.2) is 0 Å². The van der Waals surface area contributed by atoms with Crippen molar-refractivity contribution in [2.75, 3.05) is 46.9 Å². The Morgan fingerprint density at radius 3 is 2.41 bits per heavy atom. The van der Waals surface area contributed by atoms with Gasteiger partial charge in [-0.15, -0.1) is 0 Å². The molecule has 0 radical (unpaired) electrons. The average molecular weight is 424 g/mol. The summed E-state index contributed by atoms with van der Waals surface area (Å²) < 4.78 is 34.2. The molecule has 0 unspecified atom stereocenters. The van der Waals surface area contributed by atoms with Crippen LogP contribution < -0.4 is 4.74 Å². The Bertz CT molecular complexity index is 813. The second-order valence-electron chi connectivity index (χ2n) is 8.18. The van der Waals surface area contributed by atoms with Gasteiger partial charge in [0, 0.05) is 32.2 Å².